The highest BCUT2D eigenvalue weighted by Crippen LogP contribution is 2.08. The van der Waals surface area contributed by atoms with E-state index in [9.17, 15) is 9.59 Å². The van der Waals surface area contributed by atoms with Crippen LogP contribution in [-0.2, 0) is 9.59 Å². The Hall–Kier alpha value is -0.180. The smallest absolute Gasteiger partial charge is 0.143 e. The van der Waals surface area contributed by atoms with E-state index < -0.39 is 0 Å². The fraction of sp³-hybridized carbons (Fsp3) is 0.800. The molecule has 13 heavy (non-hydrogen) atoms. The monoisotopic (exact) mass is 248 g/mol. The molecule has 0 spiro atoms. The maximum Gasteiger partial charge on any atom is 0.143 e. The maximum atomic E-state index is 11.3. The predicted molar refractivity (Wildman–Crippen MR) is 57.1 cm³/mol. The van der Waals surface area contributed by atoms with E-state index in [0.29, 0.717) is 24.6 Å². The number of rotatable bonds is 7. The Kier molecular flexibility index (Phi) is 7.14. The fourth-order valence-electron chi connectivity index (χ4n) is 1.00. The zero-order valence-electron chi connectivity index (χ0n) is 8.31. The molecular weight excluding hydrogens is 232 g/mol. The van der Waals surface area contributed by atoms with E-state index in [1.54, 1.807) is 0 Å². The van der Waals surface area contributed by atoms with Gasteiger partial charge in [0.15, 0.2) is 0 Å². The van der Waals surface area contributed by atoms with Crippen molar-refractivity contribution in [2.75, 3.05) is 5.33 Å². The molecule has 0 saturated heterocycles. The molecule has 1 unspecified atom stereocenters. The third-order valence-electron chi connectivity index (χ3n) is 2.19. The molecule has 76 valence electrons. The minimum atomic E-state index is 0.152. The first-order chi connectivity index (χ1) is 6.11. The molecule has 0 aliphatic rings. The Morgan fingerprint density at radius 3 is 2.38 bits per heavy atom. The predicted octanol–water partition coefficient (Wildman–Crippen LogP) is 2.74. The fourth-order valence-corrected chi connectivity index (χ4v) is 1.28. The molecule has 0 amide bonds. The van der Waals surface area contributed by atoms with Crippen molar-refractivity contribution >= 4 is 27.5 Å². The zero-order chi connectivity index (χ0) is 10.3. The number of Topliss-reactive ketones (excluding diaryl/α,β-unsaturated/α-hetero) is 2. The van der Waals surface area contributed by atoms with Gasteiger partial charge in [0.25, 0.3) is 0 Å². The largest absolute Gasteiger partial charge is 0.299 e. The highest BCUT2D eigenvalue weighted by molar-refractivity contribution is 9.09. The standard InChI is InChI=1S/C10H17BrO2/c1-3-8(2)10(13)6-4-5-9(12)7-11/h8H,3-7H2,1-2H3. The number of ketones is 2. The molecule has 3 heteroatoms. The van der Waals surface area contributed by atoms with Crippen molar-refractivity contribution in [1.82, 2.24) is 0 Å². The minimum Gasteiger partial charge on any atom is -0.299 e. The van der Waals surface area contributed by atoms with Crippen molar-refractivity contribution in [3.05, 3.63) is 0 Å². The van der Waals surface area contributed by atoms with E-state index >= 15 is 0 Å². The van der Waals surface area contributed by atoms with E-state index in [0.717, 1.165) is 6.42 Å². The van der Waals surface area contributed by atoms with Crippen LogP contribution in [0.4, 0.5) is 0 Å². The summed E-state index contributed by atoms with van der Waals surface area (Å²) in [5.41, 5.74) is 0. The molecule has 1 atom stereocenters. The van der Waals surface area contributed by atoms with Crippen molar-refractivity contribution in [3.8, 4) is 0 Å². The molecule has 0 heterocycles. The lowest BCUT2D eigenvalue weighted by atomic mass is 9.99. The number of halogens is 1. The molecule has 0 aromatic heterocycles. The second-order valence-corrected chi connectivity index (χ2v) is 3.86. The summed E-state index contributed by atoms with van der Waals surface area (Å²) in [5.74, 6) is 0.612. The summed E-state index contributed by atoms with van der Waals surface area (Å²) in [4.78, 5) is 22.2. The summed E-state index contributed by atoms with van der Waals surface area (Å²) < 4.78 is 0. The van der Waals surface area contributed by atoms with E-state index in [1.807, 2.05) is 13.8 Å². The second kappa shape index (κ2) is 7.25. The van der Waals surface area contributed by atoms with Crippen LogP contribution in [0.3, 0.4) is 0 Å². The topological polar surface area (TPSA) is 34.1 Å². The van der Waals surface area contributed by atoms with E-state index in [-0.39, 0.29) is 17.5 Å². The molecule has 0 aromatic carbocycles. The lowest BCUT2D eigenvalue weighted by Crippen LogP contribution is -2.10. The normalized spacial score (nSPS) is 12.5. The van der Waals surface area contributed by atoms with Gasteiger partial charge in [0, 0.05) is 18.8 Å². The van der Waals surface area contributed by atoms with Crippen molar-refractivity contribution in [2.45, 2.75) is 39.5 Å². The lowest BCUT2D eigenvalue weighted by Gasteiger charge is -2.05. The van der Waals surface area contributed by atoms with Gasteiger partial charge >= 0.3 is 0 Å². The summed E-state index contributed by atoms with van der Waals surface area (Å²) >= 11 is 3.09. The average molecular weight is 249 g/mol. The Morgan fingerprint density at radius 1 is 1.31 bits per heavy atom. The number of hydrogen-bond donors (Lipinski definition) is 0. The SMILES string of the molecule is CCC(C)C(=O)CCCC(=O)CBr. The second-order valence-electron chi connectivity index (χ2n) is 3.30. The van der Waals surface area contributed by atoms with Crippen LogP contribution in [-0.4, -0.2) is 16.9 Å². The van der Waals surface area contributed by atoms with Crippen LogP contribution in [0.1, 0.15) is 39.5 Å². The Labute approximate surface area is 88.2 Å². The van der Waals surface area contributed by atoms with Gasteiger partial charge in [-0.2, -0.15) is 0 Å². The molecular formula is C10H17BrO2. The van der Waals surface area contributed by atoms with Gasteiger partial charge in [-0.1, -0.05) is 29.8 Å². The van der Waals surface area contributed by atoms with Crippen molar-refractivity contribution in [1.29, 1.82) is 0 Å². The number of carbonyl (C=O) groups excluding carboxylic acids is 2. The first kappa shape index (κ1) is 12.8. The molecule has 2 nitrogen and oxygen atoms in total. The van der Waals surface area contributed by atoms with E-state index in [4.69, 9.17) is 0 Å². The molecule has 0 rings (SSSR count). The van der Waals surface area contributed by atoms with Gasteiger partial charge in [0.2, 0.25) is 0 Å². The molecule has 0 radical (unpaired) electrons. The van der Waals surface area contributed by atoms with E-state index in [2.05, 4.69) is 15.9 Å². The average Bonchev–Trinajstić information content (AvgIpc) is 2.15. The van der Waals surface area contributed by atoms with Gasteiger partial charge in [-0.25, -0.2) is 0 Å². The first-order valence-corrected chi connectivity index (χ1v) is 5.84. The maximum absolute atomic E-state index is 11.3. The van der Waals surface area contributed by atoms with Crippen LogP contribution < -0.4 is 0 Å². The summed E-state index contributed by atoms with van der Waals surface area (Å²) in [6, 6.07) is 0. The Bertz CT molecular complexity index is 178. The molecule has 0 bridgehead atoms. The van der Waals surface area contributed by atoms with Crippen LogP contribution in [0.15, 0.2) is 0 Å². The summed E-state index contributed by atoms with van der Waals surface area (Å²) in [6.07, 6.45) is 2.67. The van der Waals surface area contributed by atoms with Crippen LogP contribution in [0.5, 0.6) is 0 Å². The van der Waals surface area contributed by atoms with Gasteiger partial charge in [-0.15, -0.1) is 0 Å². The quantitative estimate of drug-likeness (QED) is 0.650. The Morgan fingerprint density at radius 2 is 1.92 bits per heavy atom. The lowest BCUT2D eigenvalue weighted by molar-refractivity contribution is -0.122. The molecule has 0 N–H and O–H groups in total. The summed E-state index contributed by atoms with van der Waals surface area (Å²) in [5, 5.41) is 0.407. The molecule has 0 fully saturated rings. The van der Waals surface area contributed by atoms with Crippen LogP contribution in [0.2, 0.25) is 0 Å². The van der Waals surface area contributed by atoms with Crippen molar-refractivity contribution in [2.24, 2.45) is 5.92 Å². The highest BCUT2D eigenvalue weighted by atomic mass is 79.9. The number of alkyl halides is 1. The van der Waals surface area contributed by atoms with Gasteiger partial charge in [-0.05, 0) is 12.8 Å². The minimum absolute atomic E-state index is 0.152. The molecule has 0 saturated carbocycles. The van der Waals surface area contributed by atoms with Gasteiger partial charge in [0.1, 0.15) is 11.6 Å². The molecule has 0 aromatic rings. The summed E-state index contributed by atoms with van der Waals surface area (Å²) in [7, 11) is 0. The third kappa shape index (κ3) is 5.97. The van der Waals surface area contributed by atoms with Crippen molar-refractivity contribution in [3.63, 3.8) is 0 Å². The van der Waals surface area contributed by atoms with Crippen LogP contribution in [0, 0.1) is 5.92 Å². The van der Waals surface area contributed by atoms with Gasteiger partial charge < -0.3 is 0 Å². The van der Waals surface area contributed by atoms with E-state index in [1.165, 1.54) is 0 Å². The van der Waals surface area contributed by atoms with Crippen molar-refractivity contribution < 1.29 is 9.59 Å². The first-order valence-electron chi connectivity index (χ1n) is 4.72. The molecule has 0 aliphatic heterocycles. The van der Waals surface area contributed by atoms with Crippen LogP contribution in [0.25, 0.3) is 0 Å². The highest BCUT2D eigenvalue weighted by Gasteiger charge is 2.10. The van der Waals surface area contributed by atoms with Gasteiger partial charge in [-0.3, -0.25) is 9.59 Å². The van der Waals surface area contributed by atoms with Gasteiger partial charge in [0.05, 0.1) is 5.33 Å². The molecule has 0 aliphatic carbocycles. The summed E-state index contributed by atoms with van der Waals surface area (Å²) in [6.45, 7) is 3.95. The van der Waals surface area contributed by atoms with Crippen LogP contribution >= 0.6 is 15.9 Å². The number of hydrogen-bond acceptors (Lipinski definition) is 2. The zero-order valence-corrected chi connectivity index (χ0v) is 9.89. The number of carbonyl (C=O) groups is 2. The third-order valence-corrected chi connectivity index (χ3v) is 2.82. The Balaban J connectivity index is 3.53.